The minimum atomic E-state index is -0.587. The van der Waals surface area contributed by atoms with E-state index in [0.29, 0.717) is 18.1 Å². The molecular formula is C13H19ClN4O2. The molecule has 1 aromatic heterocycles. The number of aromatic nitrogens is 1. The Hall–Kier alpha value is -1.24. The highest BCUT2D eigenvalue weighted by molar-refractivity contribution is 6.29. The summed E-state index contributed by atoms with van der Waals surface area (Å²) in [6.45, 7) is 4.17. The van der Waals surface area contributed by atoms with Gasteiger partial charge in [0.15, 0.2) is 0 Å². The van der Waals surface area contributed by atoms with Crippen molar-refractivity contribution in [3.05, 3.63) is 39.2 Å². The zero-order chi connectivity index (χ0) is 14.5. The Labute approximate surface area is 123 Å². The lowest BCUT2D eigenvalue weighted by Gasteiger charge is -2.37. The third kappa shape index (κ3) is 3.65. The van der Waals surface area contributed by atoms with Gasteiger partial charge in [-0.25, -0.2) is 4.98 Å². The van der Waals surface area contributed by atoms with E-state index in [0.717, 1.165) is 25.1 Å². The molecule has 0 bridgehead atoms. The lowest BCUT2D eigenvalue weighted by atomic mass is 10.1. The zero-order valence-corrected chi connectivity index (χ0v) is 12.2. The standard InChI is InChI=1S/C13H19ClN4O2/c1-2-11(18(19)20)13-15-6-3-7-17(13)9-10-4-5-12(14)16-8-10/h4-5,8,11,13,15H,2-3,6-7,9H2,1H3. The lowest BCUT2D eigenvalue weighted by Crippen LogP contribution is -2.58. The molecule has 1 fully saturated rings. The minimum Gasteiger partial charge on any atom is -0.296 e. The van der Waals surface area contributed by atoms with Gasteiger partial charge in [-0.05, 0) is 24.6 Å². The summed E-state index contributed by atoms with van der Waals surface area (Å²) >= 11 is 5.77. The van der Waals surface area contributed by atoms with E-state index >= 15 is 0 Å². The van der Waals surface area contributed by atoms with Crippen molar-refractivity contribution in [1.29, 1.82) is 0 Å². The normalized spacial score (nSPS) is 21.6. The predicted octanol–water partition coefficient (Wildman–Crippen LogP) is 1.91. The molecule has 1 saturated heterocycles. The van der Waals surface area contributed by atoms with Crippen LogP contribution in [0.5, 0.6) is 0 Å². The largest absolute Gasteiger partial charge is 0.296 e. The molecular weight excluding hydrogens is 280 g/mol. The lowest BCUT2D eigenvalue weighted by molar-refractivity contribution is -0.533. The average molecular weight is 299 g/mol. The Morgan fingerprint density at radius 3 is 3.05 bits per heavy atom. The molecule has 2 heterocycles. The summed E-state index contributed by atoms with van der Waals surface area (Å²) in [5.74, 6) is 0. The second kappa shape index (κ2) is 6.97. The van der Waals surface area contributed by atoms with Gasteiger partial charge in [0.25, 0.3) is 0 Å². The van der Waals surface area contributed by atoms with Crippen LogP contribution in [-0.4, -0.2) is 40.1 Å². The second-order valence-corrected chi connectivity index (χ2v) is 5.36. The third-order valence-corrected chi connectivity index (χ3v) is 3.82. The first-order valence-electron chi connectivity index (χ1n) is 6.83. The molecule has 1 N–H and O–H groups in total. The van der Waals surface area contributed by atoms with Crippen molar-refractivity contribution in [3.8, 4) is 0 Å². The zero-order valence-electron chi connectivity index (χ0n) is 11.5. The number of halogens is 1. The van der Waals surface area contributed by atoms with Crippen LogP contribution in [0.1, 0.15) is 25.3 Å². The van der Waals surface area contributed by atoms with Gasteiger partial charge in [-0.15, -0.1) is 0 Å². The van der Waals surface area contributed by atoms with Gasteiger partial charge >= 0.3 is 0 Å². The van der Waals surface area contributed by atoms with Crippen LogP contribution in [0, 0.1) is 10.1 Å². The number of pyridine rings is 1. The second-order valence-electron chi connectivity index (χ2n) is 4.97. The summed E-state index contributed by atoms with van der Waals surface area (Å²) in [5, 5.41) is 14.9. The van der Waals surface area contributed by atoms with Gasteiger partial charge in [-0.1, -0.05) is 24.6 Å². The van der Waals surface area contributed by atoms with Crippen molar-refractivity contribution in [2.24, 2.45) is 0 Å². The first-order valence-corrected chi connectivity index (χ1v) is 7.21. The number of nitro groups is 1. The smallest absolute Gasteiger partial charge is 0.241 e. The molecule has 0 aliphatic carbocycles. The monoisotopic (exact) mass is 298 g/mol. The van der Waals surface area contributed by atoms with Crippen LogP contribution in [0.25, 0.3) is 0 Å². The fraction of sp³-hybridized carbons (Fsp3) is 0.615. The van der Waals surface area contributed by atoms with Crippen molar-refractivity contribution in [2.75, 3.05) is 13.1 Å². The Balaban J connectivity index is 2.10. The summed E-state index contributed by atoms with van der Waals surface area (Å²) < 4.78 is 0. The summed E-state index contributed by atoms with van der Waals surface area (Å²) in [6.07, 6.45) is 3.01. The first kappa shape index (κ1) is 15.2. The Morgan fingerprint density at radius 1 is 1.65 bits per heavy atom. The van der Waals surface area contributed by atoms with Gasteiger partial charge in [-0.2, -0.15) is 0 Å². The van der Waals surface area contributed by atoms with Gasteiger partial charge in [0.1, 0.15) is 11.3 Å². The highest BCUT2D eigenvalue weighted by Crippen LogP contribution is 2.17. The molecule has 0 spiro atoms. The van der Waals surface area contributed by atoms with Gasteiger partial charge in [0.2, 0.25) is 6.04 Å². The van der Waals surface area contributed by atoms with Crippen LogP contribution >= 0.6 is 11.6 Å². The van der Waals surface area contributed by atoms with Crippen LogP contribution in [-0.2, 0) is 6.54 Å². The summed E-state index contributed by atoms with van der Waals surface area (Å²) in [6, 6.07) is 3.07. The summed E-state index contributed by atoms with van der Waals surface area (Å²) in [7, 11) is 0. The molecule has 2 unspecified atom stereocenters. The Kier molecular flexibility index (Phi) is 5.28. The third-order valence-electron chi connectivity index (χ3n) is 3.60. The minimum absolute atomic E-state index is 0.184. The average Bonchev–Trinajstić information content (AvgIpc) is 2.43. The SMILES string of the molecule is CCC(C1NCCCN1Cc1ccc(Cl)nc1)[N+](=O)[O-]. The van der Waals surface area contributed by atoms with Crippen LogP contribution in [0.4, 0.5) is 0 Å². The Bertz CT molecular complexity index is 454. The molecule has 0 amide bonds. The van der Waals surface area contributed by atoms with Gasteiger partial charge in [0, 0.05) is 30.6 Å². The van der Waals surface area contributed by atoms with Gasteiger partial charge < -0.3 is 0 Å². The number of nitrogens with one attached hydrogen (secondary N) is 1. The quantitative estimate of drug-likeness (QED) is 0.511. The number of rotatable bonds is 5. The highest BCUT2D eigenvalue weighted by atomic mass is 35.5. The van der Waals surface area contributed by atoms with E-state index in [1.165, 1.54) is 0 Å². The molecule has 1 aliphatic heterocycles. The molecule has 110 valence electrons. The Morgan fingerprint density at radius 2 is 2.45 bits per heavy atom. The number of hydrogen-bond acceptors (Lipinski definition) is 5. The molecule has 0 aromatic carbocycles. The highest BCUT2D eigenvalue weighted by Gasteiger charge is 2.35. The van der Waals surface area contributed by atoms with Gasteiger partial charge in [0.05, 0.1) is 0 Å². The van der Waals surface area contributed by atoms with Gasteiger partial charge in [-0.3, -0.25) is 20.3 Å². The van der Waals surface area contributed by atoms with Crippen molar-refractivity contribution < 1.29 is 4.92 Å². The van der Waals surface area contributed by atoms with Crippen LogP contribution in [0.2, 0.25) is 5.15 Å². The maximum Gasteiger partial charge on any atom is 0.241 e. The van der Waals surface area contributed by atoms with Crippen LogP contribution in [0.15, 0.2) is 18.3 Å². The molecule has 2 atom stereocenters. The molecule has 20 heavy (non-hydrogen) atoms. The molecule has 1 aliphatic rings. The van der Waals surface area contributed by atoms with E-state index in [9.17, 15) is 10.1 Å². The molecule has 1 aromatic rings. The predicted molar refractivity (Wildman–Crippen MR) is 77.1 cm³/mol. The first-order chi connectivity index (χ1) is 9.61. The van der Waals surface area contributed by atoms with E-state index in [2.05, 4.69) is 15.2 Å². The van der Waals surface area contributed by atoms with Crippen molar-refractivity contribution in [1.82, 2.24) is 15.2 Å². The molecule has 6 nitrogen and oxygen atoms in total. The fourth-order valence-electron chi connectivity index (χ4n) is 2.58. The van der Waals surface area contributed by atoms with E-state index in [4.69, 9.17) is 11.6 Å². The van der Waals surface area contributed by atoms with E-state index in [-0.39, 0.29) is 11.1 Å². The van der Waals surface area contributed by atoms with Crippen LogP contribution in [0.3, 0.4) is 0 Å². The molecule has 2 rings (SSSR count). The van der Waals surface area contributed by atoms with Crippen molar-refractivity contribution in [3.63, 3.8) is 0 Å². The maximum absolute atomic E-state index is 11.2. The fourth-order valence-corrected chi connectivity index (χ4v) is 2.69. The molecule has 0 saturated carbocycles. The van der Waals surface area contributed by atoms with E-state index < -0.39 is 6.04 Å². The molecule has 7 heteroatoms. The van der Waals surface area contributed by atoms with E-state index in [1.807, 2.05) is 13.0 Å². The number of nitrogens with zero attached hydrogens (tertiary/aromatic N) is 3. The van der Waals surface area contributed by atoms with Crippen molar-refractivity contribution >= 4 is 11.6 Å². The number of hydrogen-bond donors (Lipinski definition) is 1. The van der Waals surface area contributed by atoms with Crippen molar-refractivity contribution in [2.45, 2.75) is 38.5 Å². The maximum atomic E-state index is 11.2. The summed E-state index contributed by atoms with van der Waals surface area (Å²) in [5.41, 5.74) is 1.02. The topological polar surface area (TPSA) is 71.3 Å². The molecule has 0 radical (unpaired) electrons. The van der Waals surface area contributed by atoms with Crippen LogP contribution < -0.4 is 5.32 Å². The summed E-state index contributed by atoms with van der Waals surface area (Å²) in [4.78, 5) is 17.2. The van der Waals surface area contributed by atoms with E-state index in [1.54, 1.807) is 12.3 Å².